The third-order valence-corrected chi connectivity index (χ3v) is 4.15. The quantitative estimate of drug-likeness (QED) is 0.825. The number of rotatable bonds is 4. The standard InChI is InChI=1S/C16H24ClN/c17-16-10-8-15(9-11-16)13-18-12-14-6-4-2-1-3-5-7-14/h8-11,14,18H,1-7,12-13H2. The van der Waals surface area contributed by atoms with Gasteiger partial charge in [-0.15, -0.1) is 0 Å². The van der Waals surface area contributed by atoms with Crippen molar-refractivity contribution in [1.82, 2.24) is 5.32 Å². The molecule has 2 heteroatoms. The molecule has 1 aliphatic rings. The van der Waals surface area contributed by atoms with E-state index in [9.17, 15) is 0 Å². The van der Waals surface area contributed by atoms with Crippen molar-refractivity contribution in [3.63, 3.8) is 0 Å². The van der Waals surface area contributed by atoms with Crippen LogP contribution in [0.1, 0.15) is 50.5 Å². The van der Waals surface area contributed by atoms with Gasteiger partial charge in [-0.25, -0.2) is 0 Å². The zero-order valence-corrected chi connectivity index (χ0v) is 11.9. The summed E-state index contributed by atoms with van der Waals surface area (Å²) in [4.78, 5) is 0. The summed E-state index contributed by atoms with van der Waals surface area (Å²) in [5, 5.41) is 4.41. The molecule has 1 aromatic rings. The highest BCUT2D eigenvalue weighted by molar-refractivity contribution is 6.30. The van der Waals surface area contributed by atoms with Gasteiger partial charge < -0.3 is 5.32 Å². The molecule has 0 unspecified atom stereocenters. The molecule has 0 saturated heterocycles. The normalized spacial score (nSPS) is 18.3. The van der Waals surface area contributed by atoms with Crippen LogP contribution in [0.15, 0.2) is 24.3 Å². The van der Waals surface area contributed by atoms with E-state index in [0.717, 1.165) is 17.5 Å². The third kappa shape index (κ3) is 4.99. The lowest BCUT2D eigenvalue weighted by Crippen LogP contribution is -2.23. The zero-order chi connectivity index (χ0) is 12.6. The molecule has 1 nitrogen and oxygen atoms in total. The Balaban J connectivity index is 1.68. The molecule has 0 atom stereocenters. The van der Waals surface area contributed by atoms with Crippen LogP contribution in [0.5, 0.6) is 0 Å². The molecule has 0 radical (unpaired) electrons. The molecular formula is C16H24ClN. The number of benzene rings is 1. The summed E-state index contributed by atoms with van der Waals surface area (Å²) in [5.74, 6) is 0.887. The van der Waals surface area contributed by atoms with Gasteiger partial charge in [-0.05, 0) is 43.0 Å². The second-order valence-corrected chi connectivity index (χ2v) is 5.90. The maximum Gasteiger partial charge on any atom is 0.0406 e. The van der Waals surface area contributed by atoms with E-state index in [1.807, 2.05) is 12.1 Å². The maximum absolute atomic E-state index is 5.88. The van der Waals surface area contributed by atoms with Crippen LogP contribution in [0, 0.1) is 5.92 Å². The molecule has 0 aliphatic heterocycles. The highest BCUT2D eigenvalue weighted by Crippen LogP contribution is 2.21. The molecule has 2 rings (SSSR count). The molecule has 0 amide bonds. The van der Waals surface area contributed by atoms with Crippen LogP contribution in [-0.4, -0.2) is 6.54 Å². The Morgan fingerprint density at radius 2 is 1.56 bits per heavy atom. The highest BCUT2D eigenvalue weighted by atomic mass is 35.5. The molecule has 0 heterocycles. The minimum Gasteiger partial charge on any atom is -0.312 e. The lowest BCUT2D eigenvalue weighted by molar-refractivity contribution is 0.361. The molecule has 1 saturated carbocycles. The summed E-state index contributed by atoms with van der Waals surface area (Å²) in [6.07, 6.45) is 9.99. The van der Waals surface area contributed by atoms with E-state index in [0.29, 0.717) is 0 Å². The maximum atomic E-state index is 5.88. The second kappa shape index (κ2) is 7.81. The second-order valence-electron chi connectivity index (χ2n) is 5.47. The van der Waals surface area contributed by atoms with Crippen molar-refractivity contribution in [2.75, 3.05) is 6.54 Å². The van der Waals surface area contributed by atoms with Crippen LogP contribution in [0.2, 0.25) is 5.02 Å². The van der Waals surface area contributed by atoms with E-state index >= 15 is 0 Å². The first-order valence-electron chi connectivity index (χ1n) is 7.30. The predicted molar refractivity (Wildman–Crippen MR) is 79.0 cm³/mol. The van der Waals surface area contributed by atoms with Gasteiger partial charge in [0.2, 0.25) is 0 Å². The Morgan fingerprint density at radius 3 is 2.22 bits per heavy atom. The van der Waals surface area contributed by atoms with Crippen LogP contribution < -0.4 is 5.32 Å². The molecule has 1 fully saturated rings. The molecule has 1 aromatic carbocycles. The average Bonchev–Trinajstić information content (AvgIpc) is 2.34. The molecule has 1 N–H and O–H groups in total. The summed E-state index contributed by atoms with van der Waals surface area (Å²) >= 11 is 5.88. The average molecular weight is 266 g/mol. The topological polar surface area (TPSA) is 12.0 Å². The largest absolute Gasteiger partial charge is 0.312 e. The highest BCUT2D eigenvalue weighted by Gasteiger charge is 2.10. The Kier molecular flexibility index (Phi) is 6.02. The SMILES string of the molecule is Clc1ccc(CNCC2CCCCCCC2)cc1. The van der Waals surface area contributed by atoms with Gasteiger partial charge in [-0.3, -0.25) is 0 Å². The Labute approximate surface area is 116 Å². The van der Waals surface area contributed by atoms with Gasteiger partial charge in [0.25, 0.3) is 0 Å². The monoisotopic (exact) mass is 265 g/mol. The first-order chi connectivity index (χ1) is 8.84. The van der Waals surface area contributed by atoms with E-state index in [-0.39, 0.29) is 0 Å². The zero-order valence-electron chi connectivity index (χ0n) is 11.1. The minimum absolute atomic E-state index is 0.818. The lowest BCUT2D eigenvalue weighted by atomic mass is 9.91. The summed E-state index contributed by atoms with van der Waals surface area (Å²) in [6.45, 7) is 2.14. The first-order valence-corrected chi connectivity index (χ1v) is 7.67. The molecule has 100 valence electrons. The van der Waals surface area contributed by atoms with Gasteiger partial charge in [0.1, 0.15) is 0 Å². The van der Waals surface area contributed by atoms with Gasteiger partial charge in [-0.2, -0.15) is 0 Å². The van der Waals surface area contributed by atoms with Gasteiger partial charge in [0, 0.05) is 11.6 Å². The van der Waals surface area contributed by atoms with Crippen LogP contribution in [-0.2, 0) is 6.54 Å². The molecule has 0 aromatic heterocycles. The van der Waals surface area contributed by atoms with Crippen LogP contribution in [0.25, 0.3) is 0 Å². The van der Waals surface area contributed by atoms with Crippen molar-refractivity contribution in [2.24, 2.45) is 5.92 Å². The van der Waals surface area contributed by atoms with Crippen LogP contribution in [0.4, 0.5) is 0 Å². The molecular weight excluding hydrogens is 242 g/mol. The van der Waals surface area contributed by atoms with Gasteiger partial charge in [-0.1, -0.05) is 55.8 Å². The van der Waals surface area contributed by atoms with Gasteiger partial charge in [0.15, 0.2) is 0 Å². The minimum atomic E-state index is 0.818. The lowest BCUT2D eigenvalue weighted by Gasteiger charge is -2.20. The van der Waals surface area contributed by atoms with Crippen molar-refractivity contribution in [3.8, 4) is 0 Å². The Bertz CT molecular complexity index is 325. The smallest absolute Gasteiger partial charge is 0.0406 e. The number of halogens is 1. The van der Waals surface area contributed by atoms with Crippen molar-refractivity contribution in [2.45, 2.75) is 51.5 Å². The van der Waals surface area contributed by atoms with Crippen LogP contribution in [0.3, 0.4) is 0 Å². The fourth-order valence-electron chi connectivity index (χ4n) is 2.77. The van der Waals surface area contributed by atoms with E-state index in [1.54, 1.807) is 0 Å². The van der Waals surface area contributed by atoms with Gasteiger partial charge in [0.05, 0.1) is 0 Å². The van der Waals surface area contributed by atoms with Crippen molar-refractivity contribution < 1.29 is 0 Å². The number of hydrogen-bond acceptors (Lipinski definition) is 1. The number of hydrogen-bond donors (Lipinski definition) is 1. The number of nitrogens with one attached hydrogen (secondary N) is 1. The molecule has 1 aliphatic carbocycles. The Morgan fingerprint density at radius 1 is 0.944 bits per heavy atom. The van der Waals surface area contributed by atoms with Crippen molar-refractivity contribution in [1.29, 1.82) is 0 Å². The first kappa shape index (κ1) is 13.9. The van der Waals surface area contributed by atoms with E-state index < -0.39 is 0 Å². The summed E-state index contributed by atoms with van der Waals surface area (Å²) < 4.78 is 0. The van der Waals surface area contributed by atoms with Crippen molar-refractivity contribution in [3.05, 3.63) is 34.9 Å². The summed E-state index contributed by atoms with van der Waals surface area (Å²) in [7, 11) is 0. The van der Waals surface area contributed by atoms with E-state index in [1.165, 1.54) is 57.1 Å². The van der Waals surface area contributed by atoms with Crippen LogP contribution >= 0.6 is 11.6 Å². The molecule has 0 spiro atoms. The fraction of sp³-hybridized carbons (Fsp3) is 0.625. The third-order valence-electron chi connectivity index (χ3n) is 3.90. The molecule has 0 bridgehead atoms. The summed E-state index contributed by atoms with van der Waals surface area (Å²) in [6, 6.07) is 8.14. The van der Waals surface area contributed by atoms with E-state index in [4.69, 9.17) is 11.6 Å². The fourth-order valence-corrected chi connectivity index (χ4v) is 2.89. The molecule has 18 heavy (non-hydrogen) atoms. The van der Waals surface area contributed by atoms with E-state index in [2.05, 4.69) is 17.4 Å². The van der Waals surface area contributed by atoms with Gasteiger partial charge >= 0.3 is 0 Å². The van der Waals surface area contributed by atoms with Crippen molar-refractivity contribution >= 4 is 11.6 Å². The Hall–Kier alpha value is -0.530. The predicted octanol–water partition coefficient (Wildman–Crippen LogP) is 4.79. The summed E-state index contributed by atoms with van der Waals surface area (Å²) in [5.41, 5.74) is 1.32.